The molecule has 4 nitrogen and oxygen atoms in total. The minimum atomic E-state index is 0.846. The van der Waals surface area contributed by atoms with E-state index in [1.807, 2.05) is 0 Å². The predicted molar refractivity (Wildman–Crippen MR) is 310 cm³/mol. The maximum Gasteiger partial charge on any atom is 0.159 e. The Bertz CT molecular complexity index is 4150. The minimum Gasteiger partial charge on any atom is -0.454 e. The van der Waals surface area contributed by atoms with E-state index in [4.69, 9.17) is 8.83 Å². The van der Waals surface area contributed by atoms with Gasteiger partial charge in [-0.2, -0.15) is 0 Å². The third kappa shape index (κ3) is 8.37. The first-order valence-electron chi connectivity index (χ1n) is 25.2. The van der Waals surface area contributed by atoms with Gasteiger partial charge in [0.05, 0.1) is 22.8 Å². The van der Waals surface area contributed by atoms with Crippen LogP contribution in [0.2, 0.25) is 0 Å². The fourth-order valence-corrected chi connectivity index (χ4v) is 10.6. The van der Waals surface area contributed by atoms with Gasteiger partial charge in [0.2, 0.25) is 0 Å². The molecule has 0 N–H and O–H groups in total. The van der Waals surface area contributed by atoms with Crippen LogP contribution in [0.3, 0.4) is 0 Å². The van der Waals surface area contributed by atoms with E-state index < -0.39 is 0 Å². The Kier molecular flexibility index (Phi) is 11.9. The van der Waals surface area contributed by atoms with Gasteiger partial charge in [-0.15, -0.1) is 0 Å². The molecule has 1 aliphatic carbocycles. The molecule has 1 aliphatic rings. The van der Waals surface area contributed by atoms with Crippen molar-refractivity contribution in [3.8, 4) is 11.1 Å². The zero-order valence-corrected chi connectivity index (χ0v) is 41.5. The number of aryl methyl sites for hydroxylation is 3. The summed E-state index contributed by atoms with van der Waals surface area (Å²) >= 11 is 0. The number of fused-ring (bicyclic) bond motifs is 8. The quantitative estimate of drug-likeness (QED) is 0.144. The second-order valence-corrected chi connectivity index (χ2v) is 18.9. The van der Waals surface area contributed by atoms with Crippen molar-refractivity contribution in [3.05, 3.63) is 270 Å². The van der Waals surface area contributed by atoms with E-state index in [1.54, 1.807) is 0 Å². The van der Waals surface area contributed by atoms with Crippen LogP contribution in [-0.4, -0.2) is 0 Å². The summed E-state index contributed by atoms with van der Waals surface area (Å²) in [6, 6.07) is 72.1. The summed E-state index contributed by atoms with van der Waals surface area (Å²) in [7, 11) is 0. The Morgan fingerprint density at radius 2 is 1.03 bits per heavy atom. The van der Waals surface area contributed by atoms with Crippen LogP contribution in [0.1, 0.15) is 35.6 Å². The lowest BCUT2D eigenvalue weighted by molar-refractivity contribution is 0.665. The molecule has 12 rings (SSSR count). The fourth-order valence-electron chi connectivity index (χ4n) is 10.6. The molecular formula is C69H54N2O2. The Hall–Kier alpha value is -9.12. The molecule has 0 radical (unpaired) electrons. The second kappa shape index (κ2) is 19.2. The number of hydrogen-bond donors (Lipinski definition) is 0. The summed E-state index contributed by atoms with van der Waals surface area (Å²) in [6.45, 7) is 8.54. The highest BCUT2D eigenvalue weighted by atomic mass is 16.3. The fraction of sp³-hybridized carbons (Fsp3) is 0.0725. The number of nitrogens with zero attached hydrogens (tertiary/aromatic N) is 2. The van der Waals surface area contributed by atoms with Crippen LogP contribution in [-0.2, 0) is 0 Å². The van der Waals surface area contributed by atoms with Crippen molar-refractivity contribution in [3.63, 3.8) is 0 Å². The molecule has 0 saturated carbocycles. The summed E-state index contributed by atoms with van der Waals surface area (Å²) < 4.78 is 13.7. The van der Waals surface area contributed by atoms with Crippen molar-refractivity contribution in [2.75, 3.05) is 9.80 Å². The first-order chi connectivity index (χ1) is 35.9. The van der Waals surface area contributed by atoms with Crippen LogP contribution in [0, 0.1) is 20.8 Å². The molecule has 0 unspecified atom stereocenters. The van der Waals surface area contributed by atoms with Crippen molar-refractivity contribution >= 4 is 94.4 Å². The van der Waals surface area contributed by atoms with E-state index in [0.29, 0.717) is 0 Å². The summed E-state index contributed by atoms with van der Waals surface area (Å²) in [5, 5.41) is 7.64. The van der Waals surface area contributed by atoms with E-state index in [1.165, 1.54) is 16.7 Å². The van der Waals surface area contributed by atoms with E-state index >= 15 is 0 Å². The molecule has 2 aromatic heterocycles. The van der Waals surface area contributed by atoms with Gasteiger partial charge in [-0.3, -0.25) is 0 Å². The first-order valence-corrected chi connectivity index (χ1v) is 25.2. The normalized spacial score (nSPS) is 13.0. The summed E-state index contributed by atoms with van der Waals surface area (Å²) in [6.07, 6.45) is 16.0. The molecule has 4 heteroatoms. The lowest BCUT2D eigenvalue weighted by Crippen LogP contribution is -2.23. The molecule has 0 atom stereocenters. The average Bonchev–Trinajstić information content (AvgIpc) is 3.89. The molecule has 0 aliphatic heterocycles. The van der Waals surface area contributed by atoms with Crippen LogP contribution in [0.5, 0.6) is 0 Å². The van der Waals surface area contributed by atoms with E-state index in [2.05, 4.69) is 280 Å². The number of para-hydroxylation sites is 4. The van der Waals surface area contributed by atoms with Gasteiger partial charge in [0.25, 0.3) is 0 Å². The van der Waals surface area contributed by atoms with Gasteiger partial charge in [-0.1, -0.05) is 188 Å². The Balaban J connectivity index is 1.05. The molecule has 2 heterocycles. The molecule has 0 saturated heterocycles. The van der Waals surface area contributed by atoms with Crippen LogP contribution in [0.4, 0.5) is 28.4 Å². The van der Waals surface area contributed by atoms with Gasteiger partial charge < -0.3 is 18.6 Å². The second-order valence-electron chi connectivity index (χ2n) is 18.9. The first kappa shape index (κ1) is 45.0. The van der Waals surface area contributed by atoms with Crippen LogP contribution in [0.15, 0.2) is 252 Å². The summed E-state index contributed by atoms with van der Waals surface area (Å²) in [5.41, 5.74) is 17.7. The number of allylic oxidation sites excluding steroid dienone is 7. The molecule has 0 spiro atoms. The number of furan rings is 2. The van der Waals surface area contributed by atoms with Gasteiger partial charge in [0.15, 0.2) is 11.2 Å². The lowest BCUT2D eigenvalue weighted by Gasteiger charge is -2.27. The van der Waals surface area contributed by atoms with Crippen LogP contribution < -0.4 is 15.0 Å². The molecule has 73 heavy (non-hydrogen) atoms. The number of anilines is 5. The van der Waals surface area contributed by atoms with Crippen molar-refractivity contribution in [2.24, 2.45) is 0 Å². The highest BCUT2D eigenvalue weighted by Gasteiger charge is 2.23. The van der Waals surface area contributed by atoms with E-state index in [0.717, 1.165) is 123 Å². The molecule has 2 bridgehead atoms. The zero-order chi connectivity index (χ0) is 49.4. The van der Waals surface area contributed by atoms with Gasteiger partial charge in [0.1, 0.15) is 11.2 Å². The molecule has 352 valence electrons. The molecule has 0 fully saturated rings. The molecule has 9 aromatic carbocycles. The van der Waals surface area contributed by atoms with Gasteiger partial charge in [0, 0.05) is 38.1 Å². The standard InChI is InChI=1S/C69H54N2O2/c1-5-18-63(71(56-41-37-53(38-42-56)50-22-9-6-7-10-23-50)65-32-17-30-61-59-28-15-21-48(4)67(59)73-69(61)65)57-43-33-49-34-44-62(54(45-49)26-13-19-46(57)2)70(55-39-35-52(36-40-55)51-24-11-8-12-25-51)64-31-16-29-60-58-27-14-20-47(3)66(58)72-68(60)64/h5-22,24-45H,23H2,1-4H3/b18-5-,26-13?,43-33?,46-19?,63-57+. The van der Waals surface area contributed by atoms with Crippen LogP contribution in [0.25, 0.3) is 77.0 Å². The largest absolute Gasteiger partial charge is 0.454 e. The van der Waals surface area contributed by atoms with Gasteiger partial charge >= 0.3 is 0 Å². The third-order valence-corrected chi connectivity index (χ3v) is 14.2. The van der Waals surface area contributed by atoms with Crippen molar-refractivity contribution in [1.29, 1.82) is 0 Å². The highest BCUT2D eigenvalue weighted by molar-refractivity contribution is 6.13. The number of benzene rings is 8. The topological polar surface area (TPSA) is 32.8 Å². The minimum absolute atomic E-state index is 0.846. The predicted octanol–water partition coefficient (Wildman–Crippen LogP) is 19.0. The Morgan fingerprint density at radius 1 is 0.452 bits per heavy atom. The lowest BCUT2D eigenvalue weighted by atomic mass is 10.0. The average molecular weight is 943 g/mol. The van der Waals surface area contributed by atoms with E-state index in [9.17, 15) is 0 Å². The molecular weight excluding hydrogens is 889 g/mol. The Labute approximate surface area is 426 Å². The van der Waals surface area contributed by atoms with Gasteiger partial charge in [-0.05, 0) is 138 Å². The SMILES string of the molecule is C/C=C\C(=c1\ccc2ccc(N(c3ccc(-c4ccccc4)cc3)c3cccc4c3oc3c(C)cccc34)c(cccc1C)c2)N(c1ccc(C2=CC=CC=CC2)cc1)c1cccc2c1oc1c(C)cccc12. The maximum atomic E-state index is 6.90. The van der Waals surface area contributed by atoms with Crippen molar-refractivity contribution < 1.29 is 8.83 Å². The molecule has 0 amide bonds. The smallest absolute Gasteiger partial charge is 0.159 e. The monoisotopic (exact) mass is 942 g/mol. The summed E-state index contributed by atoms with van der Waals surface area (Å²) in [5.74, 6) is 0. The van der Waals surface area contributed by atoms with Crippen molar-refractivity contribution in [2.45, 2.75) is 34.1 Å². The highest BCUT2D eigenvalue weighted by Crippen LogP contribution is 2.45. The van der Waals surface area contributed by atoms with Crippen LogP contribution >= 0.6 is 0 Å². The van der Waals surface area contributed by atoms with Gasteiger partial charge in [-0.25, -0.2) is 0 Å². The maximum absolute atomic E-state index is 6.90. The summed E-state index contributed by atoms with van der Waals surface area (Å²) in [4.78, 5) is 4.72. The Morgan fingerprint density at radius 3 is 1.73 bits per heavy atom. The van der Waals surface area contributed by atoms with Crippen molar-refractivity contribution in [1.82, 2.24) is 0 Å². The zero-order valence-electron chi connectivity index (χ0n) is 41.5. The number of hydrogen-bond acceptors (Lipinski definition) is 4. The number of rotatable bonds is 9. The van der Waals surface area contributed by atoms with E-state index in [-0.39, 0.29) is 0 Å². The third-order valence-electron chi connectivity index (χ3n) is 14.2. The molecule has 11 aromatic rings.